The summed E-state index contributed by atoms with van der Waals surface area (Å²) in [6.07, 6.45) is 3.80. The first-order chi connectivity index (χ1) is 15.6. The molecule has 4 rings (SSSR count). The van der Waals surface area contributed by atoms with Gasteiger partial charge in [-0.2, -0.15) is 5.10 Å². The van der Waals surface area contributed by atoms with Crippen molar-refractivity contribution >= 4 is 28.9 Å². The second-order valence-corrected chi connectivity index (χ2v) is 7.50. The van der Waals surface area contributed by atoms with Crippen LogP contribution in [0.5, 0.6) is 0 Å². The zero-order chi connectivity index (χ0) is 22.3. The molecule has 6 heteroatoms. The first-order valence-electron chi connectivity index (χ1n) is 10.4. The van der Waals surface area contributed by atoms with E-state index >= 15 is 0 Å². The molecule has 0 aliphatic heterocycles. The van der Waals surface area contributed by atoms with Gasteiger partial charge in [-0.25, -0.2) is 5.43 Å². The molecule has 0 aliphatic carbocycles. The summed E-state index contributed by atoms with van der Waals surface area (Å²) in [6.45, 7) is 0.486. The van der Waals surface area contributed by atoms with E-state index in [1.807, 2.05) is 95.7 Å². The lowest BCUT2D eigenvalue weighted by Gasteiger charge is -2.16. The van der Waals surface area contributed by atoms with Crippen molar-refractivity contribution < 1.29 is 9.59 Å². The summed E-state index contributed by atoms with van der Waals surface area (Å²) in [5, 5.41) is 5.23. The van der Waals surface area contributed by atoms with Crippen LogP contribution in [0, 0.1) is 0 Å². The van der Waals surface area contributed by atoms with Gasteiger partial charge < -0.3 is 10.3 Å². The molecule has 1 heterocycles. The summed E-state index contributed by atoms with van der Waals surface area (Å²) >= 11 is 0. The van der Waals surface area contributed by atoms with Gasteiger partial charge in [0.05, 0.1) is 12.1 Å². The number of hydrogen-bond donors (Lipinski definition) is 2. The molecule has 0 fully saturated rings. The molecule has 0 saturated carbocycles. The Labute approximate surface area is 186 Å². The molecule has 0 spiro atoms. The second kappa shape index (κ2) is 9.75. The Morgan fingerprint density at radius 2 is 1.50 bits per heavy atom. The van der Waals surface area contributed by atoms with Crippen LogP contribution in [0.1, 0.15) is 29.0 Å². The normalized spacial score (nSPS) is 11.3. The number of hydrazone groups is 1. The summed E-state index contributed by atoms with van der Waals surface area (Å²) in [5.41, 5.74) is 11.6. The van der Waals surface area contributed by atoms with E-state index in [1.54, 1.807) is 6.21 Å². The van der Waals surface area contributed by atoms with Crippen molar-refractivity contribution in [3.63, 3.8) is 0 Å². The lowest BCUT2D eigenvalue weighted by Crippen LogP contribution is -2.26. The number of carbonyl (C=O) groups excluding carboxylic acids is 2. The van der Waals surface area contributed by atoms with E-state index < -0.39 is 5.92 Å². The number of nitrogens with two attached hydrogens (primary N) is 1. The topological polar surface area (TPSA) is 89.5 Å². The van der Waals surface area contributed by atoms with Crippen LogP contribution in [0.15, 0.2) is 96.2 Å². The van der Waals surface area contributed by atoms with Crippen LogP contribution in [-0.2, 0) is 16.1 Å². The van der Waals surface area contributed by atoms with Crippen molar-refractivity contribution in [2.45, 2.75) is 18.9 Å². The van der Waals surface area contributed by atoms with Crippen LogP contribution in [0.25, 0.3) is 10.9 Å². The van der Waals surface area contributed by atoms with Gasteiger partial charge in [-0.3, -0.25) is 9.59 Å². The number of primary amides is 1. The number of hydrogen-bond acceptors (Lipinski definition) is 3. The van der Waals surface area contributed by atoms with Gasteiger partial charge in [0.1, 0.15) is 0 Å². The van der Waals surface area contributed by atoms with E-state index in [0.717, 1.165) is 27.6 Å². The molecule has 0 unspecified atom stereocenters. The molecule has 0 atom stereocenters. The van der Waals surface area contributed by atoms with E-state index in [1.165, 1.54) is 0 Å². The number of nitrogens with one attached hydrogen (secondary N) is 1. The molecule has 0 bridgehead atoms. The maximum Gasteiger partial charge on any atom is 0.252 e. The predicted molar refractivity (Wildman–Crippen MR) is 126 cm³/mol. The molecule has 160 valence electrons. The average molecular weight is 425 g/mol. The Bertz CT molecular complexity index is 1210. The Hall–Kier alpha value is -4.19. The number of rotatable bonds is 8. The number of amides is 2. The van der Waals surface area contributed by atoms with Gasteiger partial charge >= 0.3 is 0 Å². The number of aromatic nitrogens is 1. The van der Waals surface area contributed by atoms with E-state index in [2.05, 4.69) is 10.5 Å². The number of aryl methyl sites for hydroxylation is 1. The molecule has 1 aromatic heterocycles. The van der Waals surface area contributed by atoms with Crippen LogP contribution >= 0.6 is 0 Å². The maximum atomic E-state index is 13.1. The fourth-order valence-electron chi connectivity index (χ4n) is 3.81. The molecule has 0 saturated heterocycles. The number of carbonyl (C=O) groups is 2. The molecule has 0 radical (unpaired) electrons. The molecule has 6 nitrogen and oxygen atoms in total. The SMILES string of the molecule is NC(=O)CCn1cc(/C=N\NC(=O)C(c2ccccc2)c2ccccc2)c2ccccc21. The average Bonchev–Trinajstić information content (AvgIpc) is 3.17. The minimum absolute atomic E-state index is 0.212. The van der Waals surface area contributed by atoms with Crippen molar-refractivity contribution in [3.05, 3.63) is 108 Å². The third kappa shape index (κ3) is 4.75. The van der Waals surface area contributed by atoms with Crippen molar-refractivity contribution in [3.8, 4) is 0 Å². The number of para-hydroxylation sites is 1. The van der Waals surface area contributed by atoms with Gasteiger partial charge in [-0.05, 0) is 17.2 Å². The highest BCUT2D eigenvalue weighted by Crippen LogP contribution is 2.25. The van der Waals surface area contributed by atoms with Crippen molar-refractivity contribution in [1.29, 1.82) is 0 Å². The molecule has 4 aromatic rings. The minimum atomic E-state index is -0.466. The molecule has 3 N–H and O–H groups in total. The van der Waals surface area contributed by atoms with Crippen molar-refractivity contribution in [2.24, 2.45) is 10.8 Å². The number of fused-ring (bicyclic) bond motifs is 1. The Kier molecular flexibility index (Phi) is 6.41. The van der Waals surface area contributed by atoms with Gasteiger partial charge in [-0.1, -0.05) is 78.9 Å². The fraction of sp³-hybridized carbons (Fsp3) is 0.115. The number of nitrogens with zero attached hydrogens (tertiary/aromatic N) is 2. The molecule has 3 aromatic carbocycles. The Morgan fingerprint density at radius 1 is 0.906 bits per heavy atom. The van der Waals surface area contributed by atoms with Crippen LogP contribution in [0.2, 0.25) is 0 Å². The third-order valence-corrected chi connectivity index (χ3v) is 5.32. The van der Waals surface area contributed by atoms with Gasteiger partial charge in [-0.15, -0.1) is 0 Å². The zero-order valence-electron chi connectivity index (χ0n) is 17.5. The first-order valence-corrected chi connectivity index (χ1v) is 10.4. The van der Waals surface area contributed by atoms with Crippen LogP contribution in [0.3, 0.4) is 0 Å². The van der Waals surface area contributed by atoms with Crippen LogP contribution in [0.4, 0.5) is 0 Å². The smallest absolute Gasteiger partial charge is 0.252 e. The lowest BCUT2D eigenvalue weighted by atomic mass is 9.91. The summed E-state index contributed by atoms with van der Waals surface area (Å²) < 4.78 is 1.97. The molecular weight excluding hydrogens is 400 g/mol. The predicted octanol–water partition coefficient (Wildman–Crippen LogP) is 3.80. The molecule has 32 heavy (non-hydrogen) atoms. The monoisotopic (exact) mass is 424 g/mol. The van der Waals surface area contributed by atoms with E-state index in [4.69, 9.17) is 5.73 Å². The van der Waals surface area contributed by atoms with E-state index in [-0.39, 0.29) is 18.2 Å². The fourth-order valence-corrected chi connectivity index (χ4v) is 3.81. The number of benzene rings is 3. The minimum Gasteiger partial charge on any atom is -0.370 e. The van der Waals surface area contributed by atoms with Crippen LogP contribution in [-0.4, -0.2) is 22.6 Å². The zero-order valence-corrected chi connectivity index (χ0v) is 17.5. The van der Waals surface area contributed by atoms with Gasteiger partial charge in [0, 0.05) is 35.6 Å². The second-order valence-electron chi connectivity index (χ2n) is 7.50. The molecule has 2 amide bonds. The van der Waals surface area contributed by atoms with Gasteiger partial charge in [0.15, 0.2) is 0 Å². The highest BCUT2D eigenvalue weighted by Gasteiger charge is 2.22. The summed E-state index contributed by atoms with van der Waals surface area (Å²) in [5.74, 6) is -1.03. The highest BCUT2D eigenvalue weighted by molar-refractivity contribution is 6.00. The maximum absolute atomic E-state index is 13.1. The lowest BCUT2D eigenvalue weighted by molar-refractivity contribution is -0.121. The Balaban J connectivity index is 1.57. The van der Waals surface area contributed by atoms with Crippen LogP contribution < -0.4 is 11.2 Å². The van der Waals surface area contributed by atoms with E-state index in [0.29, 0.717) is 6.54 Å². The summed E-state index contributed by atoms with van der Waals surface area (Å²) in [4.78, 5) is 24.3. The largest absolute Gasteiger partial charge is 0.370 e. The Morgan fingerprint density at radius 3 is 2.12 bits per heavy atom. The summed E-state index contributed by atoms with van der Waals surface area (Å²) in [7, 11) is 0. The van der Waals surface area contributed by atoms with Gasteiger partial charge in [0.25, 0.3) is 5.91 Å². The van der Waals surface area contributed by atoms with Crippen molar-refractivity contribution in [1.82, 2.24) is 9.99 Å². The summed E-state index contributed by atoms with van der Waals surface area (Å²) in [6, 6.07) is 27.1. The third-order valence-electron chi connectivity index (χ3n) is 5.32. The quantitative estimate of drug-likeness (QED) is 0.333. The van der Waals surface area contributed by atoms with E-state index in [9.17, 15) is 9.59 Å². The first kappa shape index (κ1) is 21.1. The highest BCUT2D eigenvalue weighted by atomic mass is 16.2. The van der Waals surface area contributed by atoms with Gasteiger partial charge in [0.2, 0.25) is 5.91 Å². The molecular formula is C26H24N4O2. The molecule has 0 aliphatic rings. The van der Waals surface area contributed by atoms with Crippen molar-refractivity contribution in [2.75, 3.05) is 0 Å². The standard InChI is InChI=1S/C26H24N4O2/c27-24(31)15-16-30-18-21(22-13-7-8-14-23(22)30)17-28-29-26(32)25(19-9-3-1-4-10-19)20-11-5-2-6-12-20/h1-14,17-18,25H,15-16H2,(H2,27,31)(H,29,32)/b28-17-.